The number of benzene rings is 1. The van der Waals surface area contributed by atoms with Gasteiger partial charge in [0.05, 0.1) is 5.39 Å². The Morgan fingerprint density at radius 2 is 1.81 bits per heavy atom. The number of fused-ring (bicyclic) bond motifs is 3. The first-order chi connectivity index (χ1) is 14.6. The Bertz CT molecular complexity index is 1090. The second-order valence-corrected chi connectivity index (χ2v) is 9.44. The summed E-state index contributed by atoms with van der Waals surface area (Å²) in [4.78, 5) is 39.6. The molecule has 0 radical (unpaired) electrons. The van der Waals surface area contributed by atoms with E-state index in [1.54, 1.807) is 32.9 Å². The zero-order valence-corrected chi connectivity index (χ0v) is 18.6. The van der Waals surface area contributed by atoms with Crippen molar-refractivity contribution in [1.29, 1.82) is 0 Å². The lowest BCUT2D eigenvalue weighted by atomic mass is 9.90. The quantitative estimate of drug-likeness (QED) is 0.404. The number of aryl methyl sites for hydroxylation is 2. The van der Waals surface area contributed by atoms with Crippen molar-refractivity contribution in [2.24, 2.45) is 0 Å². The Labute approximate surface area is 181 Å². The summed E-state index contributed by atoms with van der Waals surface area (Å²) in [6.07, 6.45) is 4.05. The number of carbonyl (C=O) groups excluding carboxylic acids is 2. The summed E-state index contributed by atoms with van der Waals surface area (Å²) in [6.45, 7) is 7.70. The maximum Gasteiger partial charge on any atom is 0.411 e. The molecule has 1 aliphatic carbocycles. The number of likely N-dealkylation sites (tertiary alicyclic amines) is 1. The van der Waals surface area contributed by atoms with Crippen LogP contribution >= 0.6 is 0 Å². The van der Waals surface area contributed by atoms with Crippen LogP contribution in [-0.2, 0) is 22.4 Å². The molecule has 1 aromatic heterocycles. The van der Waals surface area contributed by atoms with Crippen molar-refractivity contribution >= 4 is 23.0 Å². The van der Waals surface area contributed by atoms with Gasteiger partial charge in [-0.25, -0.2) is 14.4 Å². The summed E-state index contributed by atoms with van der Waals surface area (Å²) in [6, 6.07) is 2.89. The zero-order chi connectivity index (χ0) is 22.3. The van der Waals surface area contributed by atoms with Crippen molar-refractivity contribution in [2.75, 3.05) is 6.54 Å². The zero-order valence-electron chi connectivity index (χ0n) is 18.6. The average Bonchev–Trinajstić information content (AvgIpc) is 3.16. The van der Waals surface area contributed by atoms with E-state index in [-0.39, 0.29) is 5.63 Å². The van der Waals surface area contributed by atoms with Gasteiger partial charge in [0.2, 0.25) is 0 Å². The van der Waals surface area contributed by atoms with Crippen LogP contribution in [0.4, 0.5) is 4.79 Å². The highest BCUT2D eigenvalue weighted by Gasteiger charge is 2.38. The van der Waals surface area contributed by atoms with Crippen molar-refractivity contribution in [3.8, 4) is 5.75 Å². The third kappa shape index (κ3) is 4.31. The highest BCUT2D eigenvalue weighted by molar-refractivity contribution is 5.92. The van der Waals surface area contributed by atoms with Crippen molar-refractivity contribution < 1.29 is 23.5 Å². The van der Waals surface area contributed by atoms with Gasteiger partial charge in [-0.1, -0.05) is 0 Å². The highest BCUT2D eigenvalue weighted by Crippen LogP contribution is 2.35. The number of nitrogens with zero attached hydrogens (tertiary/aromatic N) is 1. The van der Waals surface area contributed by atoms with Crippen LogP contribution in [0, 0.1) is 6.92 Å². The molecule has 2 heterocycles. The topological polar surface area (TPSA) is 86.0 Å². The normalized spacial score (nSPS) is 18.7. The van der Waals surface area contributed by atoms with Gasteiger partial charge in [0.15, 0.2) is 0 Å². The minimum absolute atomic E-state index is 0.308. The van der Waals surface area contributed by atoms with Gasteiger partial charge in [0.1, 0.15) is 23.0 Å². The molecule has 166 valence electrons. The van der Waals surface area contributed by atoms with Crippen LogP contribution in [0.15, 0.2) is 21.3 Å². The number of esters is 1. The van der Waals surface area contributed by atoms with E-state index in [1.165, 1.54) is 4.90 Å². The molecule has 1 aliphatic heterocycles. The van der Waals surface area contributed by atoms with Crippen molar-refractivity contribution in [3.05, 3.63) is 39.2 Å². The fourth-order valence-electron chi connectivity index (χ4n) is 4.47. The van der Waals surface area contributed by atoms with Crippen molar-refractivity contribution in [3.63, 3.8) is 0 Å². The number of ether oxygens (including phenoxy) is 2. The summed E-state index contributed by atoms with van der Waals surface area (Å²) in [5.41, 5.74) is 1.90. The number of rotatable bonds is 2. The van der Waals surface area contributed by atoms with Gasteiger partial charge in [0.25, 0.3) is 0 Å². The lowest BCUT2D eigenvalue weighted by molar-refractivity contribution is -0.139. The number of hydrogen-bond donors (Lipinski definition) is 0. The summed E-state index contributed by atoms with van der Waals surface area (Å²) < 4.78 is 16.9. The molecule has 0 spiro atoms. The Morgan fingerprint density at radius 3 is 2.52 bits per heavy atom. The van der Waals surface area contributed by atoms with Gasteiger partial charge in [-0.2, -0.15) is 0 Å². The molecule has 4 rings (SSSR count). The van der Waals surface area contributed by atoms with Gasteiger partial charge < -0.3 is 13.9 Å². The SMILES string of the molecule is Cc1cc(OC(=O)[C@H]2CCCN2C(=O)OC(C)(C)C)c2c3c(c(=O)oc2c1)CCCC3. The smallest absolute Gasteiger partial charge is 0.411 e. The lowest BCUT2D eigenvalue weighted by Gasteiger charge is -2.27. The third-order valence-electron chi connectivity index (χ3n) is 5.79. The van der Waals surface area contributed by atoms with Crippen LogP contribution in [0.1, 0.15) is 63.1 Å². The minimum atomic E-state index is -0.697. The molecule has 7 heteroatoms. The van der Waals surface area contributed by atoms with Crippen LogP contribution in [0.5, 0.6) is 5.75 Å². The van der Waals surface area contributed by atoms with E-state index in [2.05, 4.69) is 0 Å². The third-order valence-corrected chi connectivity index (χ3v) is 5.79. The predicted molar refractivity (Wildman–Crippen MR) is 115 cm³/mol. The van der Waals surface area contributed by atoms with Crippen LogP contribution < -0.4 is 10.4 Å². The second kappa shape index (κ2) is 8.02. The van der Waals surface area contributed by atoms with Crippen molar-refractivity contribution in [1.82, 2.24) is 4.90 Å². The summed E-state index contributed by atoms with van der Waals surface area (Å²) in [7, 11) is 0. The van der Waals surface area contributed by atoms with E-state index in [0.717, 1.165) is 30.4 Å². The fourth-order valence-corrected chi connectivity index (χ4v) is 4.47. The number of carbonyl (C=O) groups is 2. The second-order valence-electron chi connectivity index (χ2n) is 9.44. The van der Waals surface area contributed by atoms with E-state index < -0.39 is 23.7 Å². The van der Waals surface area contributed by atoms with Gasteiger partial charge in [-0.05, 0) is 89.5 Å². The van der Waals surface area contributed by atoms with E-state index in [9.17, 15) is 14.4 Å². The molecule has 1 fully saturated rings. The minimum Gasteiger partial charge on any atom is -0.444 e. The Morgan fingerprint density at radius 1 is 1.10 bits per heavy atom. The molecular weight excluding hydrogens is 398 g/mol. The molecule has 7 nitrogen and oxygen atoms in total. The van der Waals surface area contributed by atoms with E-state index in [4.69, 9.17) is 13.9 Å². The monoisotopic (exact) mass is 427 g/mol. The number of hydrogen-bond acceptors (Lipinski definition) is 6. The van der Waals surface area contributed by atoms with Gasteiger partial charge in [-0.15, -0.1) is 0 Å². The Balaban J connectivity index is 1.67. The molecule has 2 aromatic rings. The lowest BCUT2D eigenvalue weighted by Crippen LogP contribution is -2.44. The first-order valence-corrected chi connectivity index (χ1v) is 10.9. The summed E-state index contributed by atoms with van der Waals surface area (Å²) in [5.74, 6) is -0.107. The summed E-state index contributed by atoms with van der Waals surface area (Å²) in [5, 5.41) is 0.690. The molecule has 31 heavy (non-hydrogen) atoms. The number of amides is 1. The molecule has 0 bridgehead atoms. The highest BCUT2D eigenvalue weighted by atomic mass is 16.6. The first-order valence-electron chi connectivity index (χ1n) is 10.9. The van der Waals surface area contributed by atoms with E-state index in [1.807, 2.05) is 6.92 Å². The Hall–Kier alpha value is -2.83. The van der Waals surface area contributed by atoms with Crippen LogP contribution in [0.3, 0.4) is 0 Å². The first kappa shape index (κ1) is 21.4. The molecule has 0 saturated carbocycles. The largest absolute Gasteiger partial charge is 0.444 e. The molecule has 1 saturated heterocycles. The van der Waals surface area contributed by atoms with Crippen LogP contribution in [-0.4, -0.2) is 35.2 Å². The maximum atomic E-state index is 13.1. The predicted octanol–water partition coefficient (Wildman–Crippen LogP) is 4.29. The van der Waals surface area contributed by atoms with Crippen LogP contribution in [0.25, 0.3) is 11.0 Å². The molecule has 0 N–H and O–H groups in total. The average molecular weight is 427 g/mol. The summed E-state index contributed by atoms with van der Waals surface area (Å²) >= 11 is 0. The molecule has 1 amide bonds. The van der Waals surface area contributed by atoms with Gasteiger partial charge in [0, 0.05) is 12.1 Å². The molecule has 2 aliphatic rings. The van der Waals surface area contributed by atoms with Gasteiger partial charge >= 0.3 is 17.7 Å². The van der Waals surface area contributed by atoms with Crippen molar-refractivity contribution in [2.45, 2.75) is 77.9 Å². The van der Waals surface area contributed by atoms with Crippen LogP contribution in [0.2, 0.25) is 0 Å². The standard InChI is InChI=1S/C24H29NO6/c1-14-12-18-20(15-8-5-6-9-16(15)21(26)29-18)19(13-14)30-22(27)17-10-7-11-25(17)23(28)31-24(2,3)4/h12-13,17H,5-11H2,1-4H3/t17-/m1/s1. The Kier molecular flexibility index (Phi) is 5.54. The molecular formula is C24H29NO6. The fraction of sp³-hybridized carbons (Fsp3) is 0.542. The molecule has 1 aromatic carbocycles. The van der Waals surface area contributed by atoms with E-state index in [0.29, 0.717) is 48.1 Å². The van der Waals surface area contributed by atoms with E-state index >= 15 is 0 Å². The van der Waals surface area contributed by atoms with Gasteiger partial charge in [-0.3, -0.25) is 4.90 Å². The molecule has 1 atom stereocenters. The maximum absolute atomic E-state index is 13.1. The molecule has 0 unspecified atom stereocenters.